The van der Waals surface area contributed by atoms with Crippen molar-refractivity contribution in [3.05, 3.63) is 64.4 Å². The molecule has 1 amide bonds. The van der Waals surface area contributed by atoms with E-state index in [-0.39, 0.29) is 17.2 Å². The third-order valence-electron chi connectivity index (χ3n) is 4.90. The molecule has 0 atom stereocenters. The van der Waals surface area contributed by atoms with Gasteiger partial charge in [-0.15, -0.1) is 10.2 Å². The summed E-state index contributed by atoms with van der Waals surface area (Å²) in [5, 5.41) is 12.6. The summed E-state index contributed by atoms with van der Waals surface area (Å²) in [5.74, 6) is 0.616. The molecule has 0 fully saturated rings. The Kier molecular flexibility index (Phi) is 5.85. The second kappa shape index (κ2) is 8.71. The first-order chi connectivity index (χ1) is 14.6. The van der Waals surface area contributed by atoms with Gasteiger partial charge >= 0.3 is 0 Å². The molecule has 4 aromatic rings. The van der Waals surface area contributed by atoms with Crippen LogP contribution in [-0.2, 0) is 11.2 Å². The van der Waals surface area contributed by atoms with Gasteiger partial charge in [-0.1, -0.05) is 49.9 Å². The summed E-state index contributed by atoms with van der Waals surface area (Å²) in [7, 11) is 0. The number of aryl methyl sites for hydroxylation is 1. The fourth-order valence-corrected chi connectivity index (χ4v) is 4.10. The predicted molar refractivity (Wildman–Crippen MR) is 119 cm³/mol. The van der Waals surface area contributed by atoms with E-state index in [0.717, 1.165) is 24.0 Å². The molecule has 1 N–H and O–H groups in total. The molecule has 0 saturated carbocycles. The molecule has 7 nitrogen and oxygen atoms in total. The van der Waals surface area contributed by atoms with Crippen LogP contribution in [0.5, 0.6) is 0 Å². The first-order valence-electron chi connectivity index (χ1n) is 10.0. The summed E-state index contributed by atoms with van der Waals surface area (Å²) in [4.78, 5) is 25.4. The van der Waals surface area contributed by atoms with Crippen LogP contribution in [0, 0.1) is 0 Å². The van der Waals surface area contributed by atoms with E-state index in [2.05, 4.69) is 22.4 Å². The highest BCUT2D eigenvalue weighted by Crippen LogP contribution is 2.23. The highest BCUT2D eigenvalue weighted by Gasteiger charge is 2.18. The van der Waals surface area contributed by atoms with Gasteiger partial charge in [-0.05, 0) is 42.7 Å². The summed E-state index contributed by atoms with van der Waals surface area (Å²) in [6.07, 6.45) is 1.81. The lowest BCUT2D eigenvalue weighted by Crippen LogP contribution is -2.25. The van der Waals surface area contributed by atoms with Crippen LogP contribution in [0.25, 0.3) is 22.4 Å². The first kappa shape index (κ1) is 20.2. The second-order valence-corrected chi connectivity index (χ2v) is 7.88. The maximum Gasteiger partial charge on any atom is 0.267 e. The Balaban J connectivity index is 1.86. The lowest BCUT2D eigenvalue weighted by Gasteiger charge is -2.11. The zero-order valence-electron chi connectivity index (χ0n) is 17.0. The number of amides is 1. The molecule has 0 aliphatic carbocycles. The van der Waals surface area contributed by atoms with E-state index in [0.29, 0.717) is 22.9 Å². The number of rotatable bonds is 7. The molecular formula is C22H23N5O2S. The van der Waals surface area contributed by atoms with Crippen LogP contribution in [0.3, 0.4) is 0 Å². The average molecular weight is 422 g/mol. The highest BCUT2D eigenvalue weighted by molar-refractivity contribution is 7.99. The topological polar surface area (TPSA) is 81.3 Å². The summed E-state index contributed by atoms with van der Waals surface area (Å²) >= 11 is 1.31. The van der Waals surface area contributed by atoms with Crippen molar-refractivity contribution < 1.29 is 4.79 Å². The van der Waals surface area contributed by atoms with Crippen LogP contribution >= 0.6 is 11.8 Å². The van der Waals surface area contributed by atoms with E-state index >= 15 is 0 Å². The molecule has 0 bridgehead atoms. The number of benzene rings is 2. The third kappa shape index (κ3) is 3.70. The van der Waals surface area contributed by atoms with Gasteiger partial charge < -0.3 is 5.32 Å². The van der Waals surface area contributed by atoms with Gasteiger partial charge in [0.1, 0.15) is 0 Å². The molecule has 2 aromatic carbocycles. The summed E-state index contributed by atoms with van der Waals surface area (Å²) in [5.41, 5.74) is 2.50. The Morgan fingerprint density at radius 2 is 1.83 bits per heavy atom. The fourth-order valence-electron chi connectivity index (χ4n) is 3.33. The van der Waals surface area contributed by atoms with E-state index in [1.807, 2.05) is 53.8 Å². The van der Waals surface area contributed by atoms with Crippen molar-refractivity contribution in [3.8, 4) is 5.69 Å². The van der Waals surface area contributed by atoms with E-state index in [1.54, 1.807) is 10.6 Å². The fraction of sp³-hybridized carbons (Fsp3) is 0.273. The standard InChI is InChI=1S/C22H23N5O2S/c1-3-13-23-19(28)14-30-22-25-24-21-26(16-11-9-15(4-2)10-12-16)20(29)17-7-5-6-8-18(17)27(21)22/h5-12H,3-4,13-14H2,1-2H3,(H,23,28). The van der Waals surface area contributed by atoms with Gasteiger partial charge in [0.25, 0.3) is 5.56 Å². The quantitative estimate of drug-likeness (QED) is 0.464. The van der Waals surface area contributed by atoms with Gasteiger partial charge in [0.15, 0.2) is 5.16 Å². The Labute approximate surface area is 178 Å². The van der Waals surface area contributed by atoms with Crippen molar-refractivity contribution in [2.24, 2.45) is 0 Å². The van der Waals surface area contributed by atoms with Crippen molar-refractivity contribution >= 4 is 34.3 Å². The normalized spacial score (nSPS) is 11.3. The van der Waals surface area contributed by atoms with Crippen molar-refractivity contribution in [2.45, 2.75) is 31.8 Å². The van der Waals surface area contributed by atoms with Crippen LogP contribution in [0.2, 0.25) is 0 Å². The van der Waals surface area contributed by atoms with Crippen molar-refractivity contribution in [1.82, 2.24) is 24.5 Å². The molecule has 0 aliphatic heterocycles. The van der Waals surface area contributed by atoms with Gasteiger partial charge in [-0.3, -0.25) is 14.0 Å². The molecule has 0 spiro atoms. The molecular weight excluding hydrogens is 398 g/mol. The van der Waals surface area contributed by atoms with E-state index in [9.17, 15) is 9.59 Å². The van der Waals surface area contributed by atoms with Crippen LogP contribution < -0.4 is 10.9 Å². The highest BCUT2D eigenvalue weighted by atomic mass is 32.2. The molecule has 0 radical (unpaired) electrons. The Morgan fingerprint density at radius 3 is 2.57 bits per heavy atom. The maximum absolute atomic E-state index is 13.3. The molecule has 8 heteroatoms. The SMILES string of the molecule is CCCNC(=O)CSc1nnc2n(-c3ccc(CC)cc3)c(=O)c3ccccc3n12. The molecule has 30 heavy (non-hydrogen) atoms. The van der Waals surface area contributed by atoms with Crippen LogP contribution in [-0.4, -0.2) is 37.4 Å². The minimum atomic E-state index is -0.146. The van der Waals surface area contributed by atoms with E-state index in [1.165, 1.54) is 17.3 Å². The van der Waals surface area contributed by atoms with Gasteiger partial charge in [0, 0.05) is 6.54 Å². The molecule has 154 valence electrons. The zero-order valence-corrected chi connectivity index (χ0v) is 17.8. The smallest absolute Gasteiger partial charge is 0.267 e. The Bertz CT molecular complexity index is 1260. The largest absolute Gasteiger partial charge is 0.355 e. The number of thioether (sulfide) groups is 1. The molecule has 0 saturated heterocycles. The minimum absolute atomic E-state index is 0.0496. The number of para-hydroxylation sites is 1. The van der Waals surface area contributed by atoms with Gasteiger partial charge in [-0.2, -0.15) is 0 Å². The van der Waals surface area contributed by atoms with Crippen molar-refractivity contribution in [2.75, 3.05) is 12.3 Å². The van der Waals surface area contributed by atoms with Gasteiger partial charge in [0.05, 0.1) is 22.3 Å². The molecule has 4 rings (SSSR count). The molecule has 0 unspecified atom stereocenters. The van der Waals surface area contributed by atoms with E-state index < -0.39 is 0 Å². The number of nitrogens with zero attached hydrogens (tertiary/aromatic N) is 4. The lowest BCUT2D eigenvalue weighted by atomic mass is 10.1. The molecule has 2 heterocycles. The third-order valence-corrected chi connectivity index (χ3v) is 5.83. The van der Waals surface area contributed by atoms with Crippen molar-refractivity contribution in [3.63, 3.8) is 0 Å². The maximum atomic E-state index is 13.3. The number of fused-ring (bicyclic) bond motifs is 3. The zero-order chi connectivity index (χ0) is 21.1. The second-order valence-electron chi connectivity index (χ2n) is 6.93. The Hall–Kier alpha value is -3.13. The first-order valence-corrected chi connectivity index (χ1v) is 11.0. The van der Waals surface area contributed by atoms with Gasteiger partial charge in [-0.25, -0.2) is 4.57 Å². The predicted octanol–water partition coefficient (Wildman–Crippen LogP) is 3.21. The minimum Gasteiger partial charge on any atom is -0.355 e. The van der Waals surface area contributed by atoms with Crippen LogP contribution in [0.4, 0.5) is 0 Å². The van der Waals surface area contributed by atoms with Crippen LogP contribution in [0.15, 0.2) is 58.5 Å². The Morgan fingerprint density at radius 1 is 1.07 bits per heavy atom. The summed E-state index contributed by atoms with van der Waals surface area (Å²) < 4.78 is 3.43. The molecule has 0 aliphatic rings. The number of carbonyl (C=O) groups is 1. The number of carbonyl (C=O) groups excluding carboxylic acids is 1. The van der Waals surface area contributed by atoms with Crippen molar-refractivity contribution in [1.29, 1.82) is 0 Å². The lowest BCUT2D eigenvalue weighted by molar-refractivity contribution is -0.118. The van der Waals surface area contributed by atoms with Gasteiger partial charge in [0.2, 0.25) is 11.7 Å². The number of nitrogens with one attached hydrogen (secondary N) is 1. The van der Waals surface area contributed by atoms with E-state index in [4.69, 9.17) is 0 Å². The van der Waals surface area contributed by atoms with Crippen LogP contribution in [0.1, 0.15) is 25.8 Å². The number of aromatic nitrogens is 4. The summed E-state index contributed by atoms with van der Waals surface area (Å²) in [6, 6.07) is 15.3. The number of hydrogen-bond acceptors (Lipinski definition) is 5. The molecule has 2 aromatic heterocycles. The number of hydrogen-bond donors (Lipinski definition) is 1. The average Bonchev–Trinajstić information content (AvgIpc) is 3.20. The monoisotopic (exact) mass is 421 g/mol. The summed E-state index contributed by atoms with van der Waals surface area (Å²) in [6.45, 7) is 4.75.